The van der Waals surface area contributed by atoms with Crippen molar-refractivity contribution in [1.82, 2.24) is 5.32 Å². The summed E-state index contributed by atoms with van der Waals surface area (Å²) in [5, 5.41) is 2.44. The Morgan fingerprint density at radius 3 is 2.57 bits per heavy atom. The zero-order chi connectivity index (χ0) is 15.7. The molecule has 2 rings (SSSR count). The maximum absolute atomic E-state index is 13.5. The van der Waals surface area contributed by atoms with Gasteiger partial charge in [-0.3, -0.25) is 4.79 Å². The molecule has 0 spiro atoms. The molecule has 0 saturated heterocycles. The van der Waals surface area contributed by atoms with Crippen LogP contribution in [0.5, 0.6) is 5.75 Å². The van der Waals surface area contributed by atoms with E-state index in [-0.39, 0.29) is 12.1 Å². The number of hydrogen-bond acceptors (Lipinski definition) is 3. The number of carbonyl (C=O) groups is 1. The van der Waals surface area contributed by atoms with E-state index in [9.17, 15) is 22.4 Å². The van der Waals surface area contributed by atoms with Crippen LogP contribution in [0.2, 0.25) is 0 Å². The van der Waals surface area contributed by atoms with Crippen molar-refractivity contribution in [1.29, 1.82) is 0 Å². The molecule has 1 amide bonds. The molecule has 1 aromatic carbocycles. The van der Waals surface area contributed by atoms with Gasteiger partial charge in [0.25, 0.3) is 5.91 Å². The highest BCUT2D eigenvalue weighted by atomic mass is 19.4. The van der Waals surface area contributed by atoms with E-state index in [1.165, 1.54) is 7.11 Å². The van der Waals surface area contributed by atoms with Crippen LogP contribution in [-0.2, 0) is 16.1 Å². The van der Waals surface area contributed by atoms with E-state index < -0.39 is 29.4 Å². The second-order valence-electron chi connectivity index (χ2n) is 4.68. The minimum Gasteiger partial charge on any atom is -0.406 e. The average molecular weight is 307 g/mol. The summed E-state index contributed by atoms with van der Waals surface area (Å²) < 4.78 is 58.6. The summed E-state index contributed by atoms with van der Waals surface area (Å²) in [7, 11) is 1.39. The number of halogens is 4. The van der Waals surface area contributed by atoms with Gasteiger partial charge in [0, 0.05) is 19.2 Å². The van der Waals surface area contributed by atoms with Gasteiger partial charge in [0.2, 0.25) is 0 Å². The smallest absolute Gasteiger partial charge is 0.406 e. The number of alkyl halides is 3. The Hall–Kier alpha value is -1.83. The molecule has 1 fully saturated rings. The third kappa shape index (κ3) is 3.84. The van der Waals surface area contributed by atoms with Gasteiger partial charge >= 0.3 is 6.36 Å². The molecule has 0 aromatic heterocycles. The lowest BCUT2D eigenvalue weighted by Gasteiger charge is -2.14. The summed E-state index contributed by atoms with van der Waals surface area (Å²) >= 11 is 0. The Balaban J connectivity index is 2.02. The highest BCUT2D eigenvalue weighted by Gasteiger charge is 2.50. The Morgan fingerprint density at radius 1 is 1.38 bits per heavy atom. The monoisotopic (exact) mass is 307 g/mol. The lowest BCUT2D eigenvalue weighted by Crippen LogP contribution is -2.37. The second-order valence-corrected chi connectivity index (χ2v) is 4.68. The molecule has 4 nitrogen and oxygen atoms in total. The van der Waals surface area contributed by atoms with Crippen LogP contribution in [0.3, 0.4) is 0 Å². The number of amides is 1. The van der Waals surface area contributed by atoms with Crippen LogP contribution in [-0.4, -0.2) is 25.0 Å². The lowest BCUT2D eigenvalue weighted by molar-refractivity contribution is -0.274. The molecule has 1 aromatic rings. The first-order chi connectivity index (χ1) is 9.76. The second kappa shape index (κ2) is 5.51. The van der Waals surface area contributed by atoms with Crippen molar-refractivity contribution in [3.63, 3.8) is 0 Å². The average Bonchev–Trinajstić information content (AvgIpc) is 3.18. The third-order valence-electron chi connectivity index (χ3n) is 3.20. The SMILES string of the molecule is COC1(C(=O)NCc2cc(OC(F)(F)F)ccc2F)CC1. The first kappa shape index (κ1) is 15.6. The first-order valence-electron chi connectivity index (χ1n) is 6.13. The first-order valence-corrected chi connectivity index (χ1v) is 6.13. The summed E-state index contributed by atoms with van der Waals surface area (Å²) in [5.74, 6) is -1.68. The van der Waals surface area contributed by atoms with Gasteiger partial charge in [-0.25, -0.2) is 4.39 Å². The fourth-order valence-corrected chi connectivity index (χ4v) is 1.86. The normalized spacial score (nSPS) is 16.4. The predicted octanol–water partition coefficient (Wildman–Crippen LogP) is 2.52. The molecule has 1 saturated carbocycles. The Bertz CT molecular complexity index is 541. The molecule has 1 N–H and O–H groups in total. The zero-order valence-corrected chi connectivity index (χ0v) is 11.1. The van der Waals surface area contributed by atoms with Gasteiger partial charge in [0.05, 0.1) is 0 Å². The van der Waals surface area contributed by atoms with Crippen molar-refractivity contribution in [3.8, 4) is 5.75 Å². The number of ether oxygens (including phenoxy) is 2. The molecule has 0 heterocycles. The van der Waals surface area contributed by atoms with E-state index in [1.807, 2.05) is 0 Å². The van der Waals surface area contributed by atoms with Crippen molar-refractivity contribution >= 4 is 5.91 Å². The van der Waals surface area contributed by atoms with Crippen LogP contribution in [0.15, 0.2) is 18.2 Å². The van der Waals surface area contributed by atoms with Gasteiger partial charge in [0.15, 0.2) is 0 Å². The molecule has 21 heavy (non-hydrogen) atoms. The van der Waals surface area contributed by atoms with Crippen LogP contribution in [0, 0.1) is 5.82 Å². The van der Waals surface area contributed by atoms with Crippen LogP contribution in [0.25, 0.3) is 0 Å². The number of benzene rings is 1. The number of hydrogen-bond donors (Lipinski definition) is 1. The van der Waals surface area contributed by atoms with Gasteiger partial charge in [-0.05, 0) is 31.0 Å². The number of nitrogens with one attached hydrogen (secondary N) is 1. The van der Waals surface area contributed by atoms with Crippen LogP contribution < -0.4 is 10.1 Å². The van der Waals surface area contributed by atoms with Crippen molar-refractivity contribution in [3.05, 3.63) is 29.6 Å². The Labute approximate surface area is 118 Å². The van der Waals surface area contributed by atoms with E-state index in [0.717, 1.165) is 18.2 Å². The molecule has 116 valence electrons. The number of methoxy groups -OCH3 is 1. The van der Waals surface area contributed by atoms with E-state index in [1.54, 1.807) is 0 Å². The van der Waals surface area contributed by atoms with Crippen molar-refractivity contribution in [2.45, 2.75) is 31.3 Å². The highest BCUT2D eigenvalue weighted by molar-refractivity contribution is 5.88. The van der Waals surface area contributed by atoms with Crippen LogP contribution >= 0.6 is 0 Å². The van der Waals surface area contributed by atoms with Gasteiger partial charge in [-0.2, -0.15) is 0 Å². The van der Waals surface area contributed by atoms with Crippen LogP contribution in [0.4, 0.5) is 17.6 Å². The van der Waals surface area contributed by atoms with E-state index in [4.69, 9.17) is 4.74 Å². The van der Waals surface area contributed by atoms with Crippen molar-refractivity contribution in [2.24, 2.45) is 0 Å². The quantitative estimate of drug-likeness (QED) is 0.850. The molecule has 0 unspecified atom stereocenters. The largest absolute Gasteiger partial charge is 0.573 e. The molecule has 0 radical (unpaired) electrons. The lowest BCUT2D eigenvalue weighted by atomic mass is 10.2. The fourth-order valence-electron chi connectivity index (χ4n) is 1.86. The van der Waals surface area contributed by atoms with Gasteiger partial charge in [-0.1, -0.05) is 0 Å². The van der Waals surface area contributed by atoms with Gasteiger partial charge in [0.1, 0.15) is 17.2 Å². The fraction of sp³-hybridized carbons (Fsp3) is 0.462. The summed E-state index contributed by atoms with van der Waals surface area (Å²) in [6.07, 6.45) is -3.73. The van der Waals surface area contributed by atoms with Gasteiger partial charge in [-0.15, -0.1) is 13.2 Å². The highest BCUT2D eigenvalue weighted by Crippen LogP contribution is 2.39. The summed E-state index contributed by atoms with van der Waals surface area (Å²) in [6, 6.07) is 2.62. The summed E-state index contributed by atoms with van der Waals surface area (Å²) in [4.78, 5) is 11.8. The third-order valence-corrected chi connectivity index (χ3v) is 3.20. The van der Waals surface area contributed by atoms with Crippen molar-refractivity contribution < 1.29 is 31.8 Å². The molecule has 8 heteroatoms. The molecular weight excluding hydrogens is 294 g/mol. The van der Waals surface area contributed by atoms with Crippen molar-refractivity contribution in [2.75, 3.05) is 7.11 Å². The maximum Gasteiger partial charge on any atom is 0.573 e. The minimum absolute atomic E-state index is 0.1000. The van der Waals surface area contributed by atoms with E-state index in [0.29, 0.717) is 12.8 Å². The predicted molar refractivity (Wildman–Crippen MR) is 63.9 cm³/mol. The standard InChI is InChI=1S/C13H13F4NO3/c1-20-12(4-5-12)11(19)18-7-8-6-9(2-3-10(8)14)21-13(15,16)17/h2-3,6H,4-5,7H2,1H3,(H,18,19). The van der Waals surface area contributed by atoms with Crippen LogP contribution in [0.1, 0.15) is 18.4 Å². The summed E-state index contributed by atoms with van der Waals surface area (Å²) in [5.41, 5.74) is -0.978. The van der Waals surface area contributed by atoms with Gasteiger partial charge < -0.3 is 14.8 Å². The molecule has 1 aliphatic carbocycles. The number of rotatable bonds is 5. The maximum atomic E-state index is 13.5. The minimum atomic E-state index is -4.85. The Kier molecular flexibility index (Phi) is 4.08. The number of carbonyl (C=O) groups excluding carboxylic acids is 1. The zero-order valence-electron chi connectivity index (χ0n) is 11.1. The summed E-state index contributed by atoms with van der Waals surface area (Å²) in [6.45, 7) is -0.245. The topological polar surface area (TPSA) is 47.6 Å². The Morgan fingerprint density at radius 2 is 2.05 bits per heavy atom. The molecule has 0 bridgehead atoms. The van der Waals surface area contributed by atoms with E-state index in [2.05, 4.69) is 10.1 Å². The molecule has 1 aliphatic rings. The molecule has 0 atom stereocenters. The van der Waals surface area contributed by atoms with E-state index >= 15 is 0 Å². The molecule has 0 aliphatic heterocycles. The molecular formula is C13H13F4NO3.